The van der Waals surface area contributed by atoms with Crippen molar-refractivity contribution in [1.29, 1.82) is 0 Å². The van der Waals surface area contributed by atoms with E-state index in [-0.39, 0.29) is 23.3 Å². The maximum absolute atomic E-state index is 12.1. The highest BCUT2D eigenvalue weighted by Gasteiger charge is 2.30. The molecule has 0 unspecified atom stereocenters. The summed E-state index contributed by atoms with van der Waals surface area (Å²) in [6.07, 6.45) is 1.61. The second-order valence-corrected chi connectivity index (χ2v) is 6.11. The number of amides is 2. The van der Waals surface area contributed by atoms with Crippen LogP contribution in [0.4, 0.5) is 0 Å². The molecule has 0 saturated carbocycles. The van der Waals surface area contributed by atoms with Gasteiger partial charge in [0, 0.05) is 24.5 Å². The van der Waals surface area contributed by atoms with E-state index in [1.807, 2.05) is 25.7 Å². The number of nitrogens with zero attached hydrogens (tertiary/aromatic N) is 1. The van der Waals surface area contributed by atoms with Crippen molar-refractivity contribution in [2.24, 2.45) is 11.1 Å². The largest absolute Gasteiger partial charge is 0.352 e. The van der Waals surface area contributed by atoms with Crippen molar-refractivity contribution < 1.29 is 9.59 Å². The molecular weight excluding hydrogens is 230 g/mol. The van der Waals surface area contributed by atoms with E-state index in [9.17, 15) is 9.59 Å². The number of nitrogens with two attached hydrogens (primary N) is 1. The summed E-state index contributed by atoms with van der Waals surface area (Å²) in [4.78, 5) is 25.4. The quantitative estimate of drug-likeness (QED) is 0.754. The lowest BCUT2D eigenvalue weighted by Crippen LogP contribution is -2.51. The van der Waals surface area contributed by atoms with E-state index in [1.165, 1.54) is 0 Å². The Hall–Kier alpha value is -1.10. The Bertz CT molecular complexity index is 313. The minimum Gasteiger partial charge on any atom is -0.352 e. The lowest BCUT2D eigenvalue weighted by Gasteiger charge is -2.36. The number of carbonyl (C=O) groups is 2. The lowest BCUT2D eigenvalue weighted by atomic mass is 9.93. The molecule has 0 aromatic rings. The third kappa shape index (κ3) is 3.98. The molecule has 1 heterocycles. The molecule has 0 bridgehead atoms. The van der Waals surface area contributed by atoms with Gasteiger partial charge in [0.1, 0.15) is 0 Å². The number of hydrogen-bond donors (Lipinski definition) is 2. The first-order chi connectivity index (χ1) is 8.21. The van der Waals surface area contributed by atoms with E-state index in [1.54, 1.807) is 6.92 Å². The topological polar surface area (TPSA) is 75.4 Å². The molecule has 5 nitrogen and oxygen atoms in total. The summed E-state index contributed by atoms with van der Waals surface area (Å²) in [5.74, 6) is 0.0649. The van der Waals surface area contributed by atoms with Gasteiger partial charge < -0.3 is 16.0 Å². The maximum atomic E-state index is 12.1. The van der Waals surface area contributed by atoms with Crippen LogP contribution in [0.5, 0.6) is 0 Å². The van der Waals surface area contributed by atoms with Crippen molar-refractivity contribution in [3.05, 3.63) is 0 Å². The highest BCUT2D eigenvalue weighted by atomic mass is 16.2. The van der Waals surface area contributed by atoms with Crippen LogP contribution in [-0.4, -0.2) is 41.9 Å². The van der Waals surface area contributed by atoms with Gasteiger partial charge in [0.2, 0.25) is 11.8 Å². The molecule has 104 valence electrons. The first-order valence-corrected chi connectivity index (χ1v) is 6.57. The number of hydrogen-bond acceptors (Lipinski definition) is 3. The van der Waals surface area contributed by atoms with Gasteiger partial charge in [0.25, 0.3) is 0 Å². The minimum absolute atomic E-state index is 0.115. The molecule has 1 atom stereocenters. The summed E-state index contributed by atoms with van der Waals surface area (Å²) in [5.41, 5.74) is 5.18. The lowest BCUT2D eigenvalue weighted by molar-refractivity contribution is -0.140. The summed E-state index contributed by atoms with van der Waals surface area (Å²) >= 11 is 0. The molecule has 0 spiro atoms. The van der Waals surface area contributed by atoms with Crippen LogP contribution in [0.2, 0.25) is 0 Å². The Kier molecular flexibility index (Phi) is 4.73. The molecule has 2 amide bonds. The third-order valence-corrected chi connectivity index (χ3v) is 3.18. The fourth-order valence-corrected chi connectivity index (χ4v) is 2.03. The van der Waals surface area contributed by atoms with E-state index >= 15 is 0 Å². The summed E-state index contributed by atoms with van der Waals surface area (Å²) < 4.78 is 0. The molecule has 0 aliphatic carbocycles. The summed E-state index contributed by atoms with van der Waals surface area (Å²) in [5, 5.41) is 2.91. The van der Waals surface area contributed by atoms with E-state index in [0.717, 1.165) is 12.8 Å². The molecule has 1 aliphatic rings. The van der Waals surface area contributed by atoms with Crippen LogP contribution in [0.3, 0.4) is 0 Å². The van der Waals surface area contributed by atoms with Crippen LogP contribution in [0.15, 0.2) is 0 Å². The Morgan fingerprint density at radius 2 is 1.78 bits per heavy atom. The molecular formula is C13H25N3O2. The summed E-state index contributed by atoms with van der Waals surface area (Å²) in [7, 11) is 0. The average molecular weight is 255 g/mol. The second-order valence-electron chi connectivity index (χ2n) is 6.11. The van der Waals surface area contributed by atoms with E-state index in [4.69, 9.17) is 5.73 Å². The SMILES string of the molecule is C[C@H](N)C(=O)NC1CCN(C(=O)C(C)(C)C)CC1. The van der Waals surface area contributed by atoms with Gasteiger partial charge in [-0.05, 0) is 19.8 Å². The second kappa shape index (κ2) is 5.69. The number of rotatable bonds is 2. The van der Waals surface area contributed by atoms with E-state index in [2.05, 4.69) is 5.32 Å². The maximum Gasteiger partial charge on any atom is 0.236 e. The molecule has 3 N–H and O–H groups in total. The van der Waals surface area contributed by atoms with Crippen molar-refractivity contribution >= 4 is 11.8 Å². The Labute approximate surface area is 109 Å². The van der Waals surface area contributed by atoms with Crippen LogP contribution >= 0.6 is 0 Å². The molecule has 1 aliphatic heterocycles. The van der Waals surface area contributed by atoms with Crippen molar-refractivity contribution in [1.82, 2.24) is 10.2 Å². The predicted octanol–water partition coefficient (Wildman–Crippen LogP) is 0.487. The molecule has 0 aromatic carbocycles. The zero-order chi connectivity index (χ0) is 13.9. The number of nitrogens with one attached hydrogen (secondary N) is 1. The van der Waals surface area contributed by atoms with Crippen LogP contribution < -0.4 is 11.1 Å². The zero-order valence-corrected chi connectivity index (χ0v) is 11.8. The summed E-state index contributed by atoms with van der Waals surface area (Å²) in [6, 6.07) is -0.327. The van der Waals surface area contributed by atoms with Gasteiger partial charge in [-0.15, -0.1) is 0 Å². The standard InChI is InChI=1S/C13H25N3O2/c1-9(14)11(17)15-10-5-7-16(8-6-10)12(18)13(2,3)4/h9-10H,5-8,14H2,1-4H3,(H,15,17)/t9-/m0/s1. The Morgan fingerprint density at radius 3 is 2.17 bits per heavy atom. The molecule has 1 rings (SSSR count). The van der Waals surface area contributed by atoms with Gasteiger partial charge in [-0.25, -0.2) is 0 Å². The van der Waals surface area contributed by atoms with Crippen molar-refractivity contribution in [2.75, 3.05) is 13.1 Å². The minimum atomic E-state index is -0.473. The van der Waals surface area contributed by atoms with Gasteiger partial charge in [-0.2, -0.15) is 0 Å². The monoisotopic (exact) mass is 255 g/mol. The molecule has 0 aromatic heterocycles. The van der Waals surface area contributed by atoms with Crippen molar-refractivity contribution in [3.8, 4) is 0 Å². The highest BCUT2D eigenvalue weighted by molar-refractivity contribution is 5.82. The van der Waals surface area contributed by atoms with Gasteiger partial charge in [0.05, 0.1) is 6.04 Å². The molecule has 18 heavy (non-hydrogen) atoms. The predicted molar refractivity (Wildman–Crippen MR) is 70.8 cm³/mol. The van der Waals surface area contributed by atoms with Crippen LogP contribution in [0, 0.1) is 5.41 Å². The van der Waals surface area contributed by atoms with Gasteiger partial charge >= 0.3 is 0 Å². The van der Waals surface area contributed by atoms with Crippen molar-refractivity contribution in [3.63, 3.8) is 0 Å². The highest BCUT2D eigenvalue weighted by Crippen LogP contribution is 2.20. The number of likely N-dealkylation sites (tertiary alicyclic amines) is 1. The first-order valence-electron chi connectivity index (χ1n) is 6.57. The van der Waals surface area contributed by atoms with E-state index < -0.39 is 6.04 Å². The van der Waals surface area contributed by atoms with Crippen LogP contribution in [0.1, 0.15) is 40.5 Å². The fraction of sp³-hybridized carbons (Fsp3) is 0.846. The molecule has 5 heteroatoms. The Balaban J connectivity index is 2.42. The number of carbonyl (C=O) groups excluding carboxylic acids is 2. The average Bonchev–Trinajstić information content (AvgIpc) is 2.27. The Morgan fingerprint density at radius 1 is 1.28 bits per heavy atom. The molecule has 0 radical (unpaired) electrons. The van der Waals surface area contributed by atoms with Crippen LogP contribution in [-0.2, 0) is 9.59 Å². The third-order valence-electron chi connectivity index (χ3n) is 3.18. The van der Waals surface area contributed by atoms with E-state index in [0.29, 0.717) is 13.1 Å². The van der Waals surface area contributed by atoms with Gasteiger partial charge in [-0.1, -0.05) is 20.8 Å². The zero-order valence-electron chi connectivity index (χ0n) is 11.8. The van der Waals surface area contributed by atoms with Crippen molar-refractivity contribution in [2.45, 2.75) is 52.6 Å². The normalized spacial score (nSPS) is 19.5. The first kappa shape index (κ1) is 15.0. The van der Waals surface area contributed by atoms with Crippen LogP contribution in [0.25, 0.3) is 0 Å². The fourth-order valence-electron chi connectivity index (χ4n) is 2.03. The summed E-state index contributed by atoms with van der Waals surface area (Å²) in [6.45, 7) is 8.88. The molecule has 1 saturated heterocycles. The van der Waals surface area contributed by atoms with Gasteiger partial charge in [-0.3, -0.25) is 9.59 Å². The number of piperidine rings is 1. The van der Waals surface area contributed by atoms with Gasteiger partial charge in [0.15, 0.2) is 0 Å². The molecule has 1 fully saturated rings. The smallest absolute Gasteiger partial charge is 0.236 e.